The predicted molar refractivity (Wildman–Crippen MR) is 97.0 cm³/mol. The summed E-state index contributed by atoms with van der Waals surface area (Å²) in [6.07, 6.45) is 4.98. The van der Waals surface area contributed by atoms with Crippen molar-refractivity contribution in [2.24, 2.45) is 5.10 Å². The van der Waals surface area contributed by atoms with Crippen LogP contribution in [-0.2, 0) is 0 Å². The average Bonchev–Trinajstić information content (AvgIpc) is 3.31. The molecular weight excluding hydrogens is 331 g/mol. The zero-order valence-electron chi connectivity index (χ0n) is 14.7. The highest BCUT2D eigenvalue weighted by Gasteiger charge is 2.52. The van der Waals surface area contributed by atoms with Crippen LogP contribution in [-0.4, -0.2) is 23.6 Å². The van der Waals surface area contributed by atoms with Gasteiger partial charge in [-0.15, -0.1) is 0 Å². The van der Waals surface area contributed by atoms with Gasteiger partial charge in [-0.3, -0.25) is 0 Å². The highest BCUT2D eigenvalue weighted by Crippen LogP contribution is 2.54. The van der Waals surface area contributed by atoms with Crippen LogP contribution in [0.2, 0.25) is 0 Å². The lowest BCUT2D eigenvalue weighted by molar-refractivity contribution is -0.115. The van der Waals surface area contributed by atoms with Crippen LogP contribution < -0.4 is 9.47 Å². The van der Waals surface area contributed by atoms with E-state index in [4.69, 9.17) is 14.6 Å². The second-order valence-corrected chi connectivity index (χ2v) is 7.25. The molecule has 26 heavy (non-hydrogen) atoms. The second-order valence-electron chi connectivity index (χ2n) is 7.25. The molecule has 0 saturated heterocycles. The normalized spacial score (nSPS) is 22.6. The number of rotatable bonds is 2. The number of fused-ring (bicyclic) bond motifs is 4. The number of para-hydroxylation sites is 1. The summed E-state index contributed by atoms with van der Waals surface area (Å²) in [6.45, 7) is 0. The van der Waals surface area contributed by atoms with Crippen molar-refractivity contribution in [3.63, 3.8) is 0 Å². The van der Waals surface area contributed by atoms with Crippen molar-refractivity contribution in [1.29, 1.82) is 0 Å². The summed E-state index contributed by atoms with van der Waals surface area (Å²) in [7, 11) is 1.68. The molecule has 134 valence electrons. The summed E-state index contributed by atoms with van der Waals surface area (Å²) in [5, 5.41) is 7.13. The smallest absolute Gasteiger partial charge is 0.198 e. The first-order chi connectivity index (χ1) is 12.7. The molecular formula is C21H21FN2O2. The van der Waals surface area contributed by atoms with Gasteiger partial charge >= 0.3 is 0 Å². The van der Waals surface area contributed by atoms with Gasteiger partial charge in [0.1, 0.15) is 5.82 Å². The van der Waals surface area contributed by atoms with Gasteiger partial charge in [0.25, 0.3) is 0 Å². The average molecular weight is 352 g/mol. The SMILES string of the molecule is COc1cccc2c1OC1(CCCC1)N1N=C(c3ccc(F)cc3)C[C@H]21. The molecule has 2 aromatic carbocycles. The molecule has 5 heteroatoms. The van der Waals surface area contributed by atoms with Gasteiger partial charge in [-0.1, -0.05) is 24.3 Å². The lowest BCUT2D eigenvalue weighted by Gasteiger charge is -2.46. The number of hydrazone groups is 1. The molecule has 4 nitrogen and oxygen atoms in total. The Kier molecular flexibility index (Phi) is 3.45. The van der Waals surface area contributed by atoms with Crippen molar-refractivity contribution in [3.8, 4) is 11.5 Å². The van der Waals surface area contributed by atoms with E-state index in [-0.39, 0.29) is 11.9 Å². The predicted octanol–water partition coefficient (Wildman–Crippen LogP) is 4.65. The lowest BCUT2D eigenvalue weighted by Crippen LogP contribution is -2.51. The largest absolute Gasteiger partial charge is 0.493 e. The molecule has 1 atom stereocenters. The first-order valence-corrected chi connectivity index (χ1v) is 9.19. The van der Waals surface area contributed by atoms with E-state index in [1.807, 2.05) is 12.1 Å². The number of hydrogen-bond acceptors (Lipinski definition) is 4. The summed E-state index contributed by atoms with van der Waals surface area (Å²) in [5.74, 6) is 1.41. The van der Waals surface area contributed by atoms with Gasteiger partial charge in [0.15, 0.2) is 17.2 Å². The topological polar surface area (TPSA) is 34.1 Å². The van der Waals surface area contributed by atoms with Gasteiger partial charge in [-0.05, 0) is 36.6 Å². The van der Waals surface area contributed by atoms with E-state index in [0.29, 0.717) is 0 Å². The van der Waals surface area contributed by atoms with Crippen molar-refractivity contribution in [2.75, 3.05) is 7.11 Å². The summed E-state index contributed by atoms with van der Waals surface area (Å²) in [4.78, 5) is 0. The zero-order valence-corrected chi connectivity index (χ0v) is 14.7. The summed E-state index contributed by atoms with van der Waals surface area (Å²) >= 11 is 0. The number of halogens is 1. The van der Waals surface area contributed by atoms with E-state index in [1.54, 1.807) is 19.2 Å². The molecule has 2 heterocycles. The van der Waals surface area contributed by atoms with Crippen LogP contribution in [0, 0.1) is 5.82 Å². The summed E-state index contributed by atoms with van der Waals surface area (Å²) < 4.78 is 25.4. The Hall–Kier alpha value is -2.56. The van der Waals surface area contributed by atoms with E-state index >= 15 is 0 Å². The van der Waals surface area contributed by atoms with E-state index in [0.717, 1.165) is 60.4 Å². The van der Waals surface area contributed by atoms with Crippen LogP contribution in [0.3, 0.4) is 0 Å². The van der Waals surface area contributed by atoms with Crippen molar-refractivity contribution in [3.05, 3.63) is 59.4 Å². The molecule has 3 aliphatic rings. The van der Waals surface area contributed by atoms with Crippen LogP contribution in [0.4, 0.5) is 4.39 Å². The first kappa shape index (κ1) is 15.7. The number of nitrogens with zero attached hydrogens (tertiary/aromatic N) is 2. The molecule has 1 aliphatic carbocycles. The maximum atomic E-state index is 13.3. The molecule has 0 bridgehead atoms. The molecule has 0 unspecified atom stereocenters. The van der Waals surface area contributed by atoms with Gasteiger partial charge in [0.2, 0.25) is 0 Å². The maximum Gasteiger partial charge on any atom is 0.198 e. The zero-order chi connectivity index (χ0) is 17.7. The standard InChI is InChI=1S/C21H21FN2O2/c1-25-19-6-4-5-16-18-13-17(14-7-9-15(22)10-8-14)23-24(18)21(26-20(16)19)11-2-3-12-21/h4-10,18H,2-3,11-13H2,1H3/t18-/m1/s1. The molecule has 0 N–H and O–H groups in total. The second kappa shape index (κ2) is 5.73. The highest BCUT2D eigenvalue weighted by atomic mass is 19.1. The Morgan fingerprint density at radius 3 is 2.65 bits per heavy atom. The minimum atomic E-state index is -0.395. The van der Waals surface area contributed by atoms with Crippen LogP contribution in [0.5, 0.6) is 11.5 Å². The van der Waals surface area contributed by atoms with E-state index in [9.17, 15) is 4.39 Å². The Morgan fingerprint density at radius 1 is 1.15 bits per heavy atom. The molecule has 1 spiro atoms. The van der Waals surface area contributed by atoms with E-state index in [1.165, 1.54) is 12.1 Å². The van der Waals surface area contributed by atoms with Gasteiger partial charge in [-0.25, -0.2) is 9.40 Å². The molecule has 2 aromatic rings. The van der Waals surface area contributed by atoms with Crippen molar-refractivity contribution >= 4 is 5.71 Å². The fourth-order valence-corrected chi connectivity index (χ4v) is 4.51. The van der Waals surface area contributed by atoms with Crippen molar-refractivity contribution in [1.82, 2.24) is 5.01 Å². The minimum Gasteiger partial charge on any atom is -0.493 e. The van der Waals surface area contributed by atoms with Gasteiger partial charge in [0, 0.05) is 24.8 Å². The number of hydrogen-bond donors (Lipinski definition) is 0. The first-order valence-electron chi connectivity index (χ1n) is 9.19. The number of ether oxygens (including phenoxy) is 2. The molecule has 1 saturated carbocycles. The van der Waals surface area contributed by atoms with Gasteiger partial charge < -0.3 is 9.47 Å². The monoisotopic (exact) mass is 352 g/mol. The number of benzene rings is 2. The molecule has 1 fully saturated rings. The quantitative estimate of drug-likeness (QED) is 0.789. The molecule has 0 amide bonds. The lowest BCUT2D eigenvalue weighted by atomic mass is 9.93. The van der Waals surface area contributed by atoms with Gasteiger partial charge in [-0.2, -0.15) is 5.10 Å². The highest BCUT2D eigenvalue weighted by molar-refractivity contribution is 6.02. The van der Waals surface area contributed by atoms with Crippen LogP contribution in [0.1, 0.15) is 49.3 Å². The molecule has 0 aromatic heterocycles. The third kappa shape index (κ3) is 2.23. The van der Waals surface area contributed by atoms with Crippen molar-refractivity contribution in [2.45, 2.75) is 43.9 Å². The summed E-state index contributed by atoms with van der Waals surface area (Å²) in [6, 6.07) is 12.8. The van der Waals surface area contributed by atoms with Crippen LogP contribution in [0.25, 0.3) is 0 Å². The Labute approximate surface area is 152 Å². The maximum absolute atomic E-state index is 13.3. The Balaban J connectivity index is 1.61. The summed E-state index contributed by atoms with van der Waals surface area (Å²) in [5.41, 5.74) is 2.68. The van der Waals surface area contributed by atoms with E-state index < -0.39 is 5.72 Å². The Morgan fingerprint density at radius 2 is 1.92 bits per heavy atom. The van der Waals surface area contributed by atoms with E-state index in [2.05, 4.69) is 11.1 Å². The fraction of sp³-hybridized carbons (Fsp3) is 0.381. The van der Waals surface area contributed by atoms with Gasteiger partial charge in [0.05, 0.1) is 18.9 Å². The fourth-order valence-electron chi connectivity index (χ4n) is 4.51. The molecule has 0 radical (unpaired) electrons. The third-order valence-electron chi connectivity index (χ3n) is 5.77. The number of methoxy groups -OCH3 is 1. The van der Waals surface area contributed by atoms with Crippen molar-refractivity contribution < 1.29 is 13.9 Å². The van der Waals surface area contributed by atoms with Crippen LogP contribution >= 0.6 is 0 Å². The third-order valence-corrected chi connectivity index (χ3v) is 5.77. The molecule has 5 rings (SSSR count). The Bertz CT molecular complexity index is 872. The minimum absolute atomic E-state index is 0.131. The van der Waals surface area contributed by atoms with Crippen LogP contribution in [0.15, 0.2) is 47.6 Å². The molecule has 2 aliphatic heterocycles.